The molecular weight excluding hydrogens is 311 g/mol. The highest BCUT2D eigenvalue weighted by atomic mass is 31.2. The fourth-order valence-corrected chi connectivity index (χ4v) is 6.57. The van der Waals surface area contributed by atoms with Gasteiger partial charge in [0, 0.05) is 15.9 Å². The highest BCUT2D eigenvalue weighted by Gasteiger charge is 2.32. The quantitative estimate of drug-likeness (QED) is 0.672. The van der Waals surface area contributed by atoms with E-state index in [4.69, 9.17) is 0 Å². The predicted octanol–water partition coefficient (Wildman–Crippen LogP) is 3.52. The first-order valence-corrected chi connectivity index (χ1v) is 10.4. The van der Waals surface area contributed by atoms with E-state index in [-0.39, 0.29) is 0 Å². The van der Waals surface area contributed by atoms with Crippen LogP contribution in [0.3, 0.4) is 0 Å². The van der Waals surface area contributed by atoms with E-state index in [1.54, 1.807) is 0 Å². The topological polar surface area (TPSA) is 17.1 Å². The molecule has 0 atom stereocenters. The first kappa shape index (κ1) is 14.3. The maximum atomic E-state index is 14.4. The minimum atomic E-state index is -2.80. The van der Waals surface area contributed by atoms with Gasteiger partial charge in [0.1, 0.15) is 0 Å². The molecule has 2 aliphatic rings. The summed E-state index contributed by atoms with van der Waals surface area (Å²) >= 11 is 0. The molecular formula is C22H19OP. The highest BCUT2D eigenvalue weighted by Crippen LogP contribution is 2.44. The van der Waals surface area contributed by atoms with Crippen LogP contribution in [0.1, 0.15) is 22.3 Å². The fraction of sp³-hybridized carbons (Fsp3) is 0.182. The van der Waals surface area contributed by atoms with Crippen LogP contribution in [0.5, 0.6) is 0 Å². The van der Waals surface area contributed by atoms with Crippen LogP contribution in [0.4, 0.5) is 0 Å². The lowest BCUT2D eigenvalue weighted by atomic mass is 9.89. The molecule has 5 rings (SSSR count). The predicted molar refractivity (Wildman–Crippen MR) is 101 cm³/mol. The van der Waals surface area contributed by atoms with Gasteiger partial charge in [-0.25, -0.2) is 0 Å². The maximum absolute atomic E-state index is 14.4. The third-order valence-electron chi connectivity index (χ3n) is 5.55. The van der Waals surface area contributed by atoms with Crippen molar-refractivity contribution in [3.63, 3.8) is 0 Å². The lowest BCUT2D eigenvalue weighted by molar-refractivity contribution is 0.592. The number of benzene rings is 3. The molecule has 0 heterocycles. The van der Waals surface area contributed by atoms with Crippen LogP contribution in [-0.2, 0) is 30.2 Å². The monoisotopic (exact) mass is 330 g/mol. The summed E-state index contributed by atoms with van der Waals surface area (Å²) in [6.07, 6.45) is 4.54. The number of aryl methyl sites for hydroxylation is 4. The molecule has 0 aromatic heterocycles. The van der Waals surface area contributed by atoms with E-state index in [1.807, 2.05) is 30.3 Å². The van der Waals surface area contributed by atoms with Gasteiger partial charge in [0.2, 0.25) is 0 Å². The van der Waals surface area contributed by atoms with Crippen LogP contribution in [0, 0.1) is 0 Å². The summed E-state index contributed by atoms with van der Waals surface area (Å²) in [5.41, 5.74) is 5.56. The zero-order valence-electron chi connectivity index (χ0n) is 13.5. The zero-order valence-corrected chi connectivity index (χ0v) is 14.4. The Morgan fingerprint density at radius 1 is 0.542 bits per heavy atom. The molecule has 0 bridgehead atoms. The van der Waals surface area contributed by atoms with Crippen molar-refractivity contribution in [1.82, 2.24) is 0 Å². The van der Waals surface area contributed by atoms with Crippen molar-refractivity contribution >= 4 is 23.1 Å². The van der Waals surface area contributed by atoms with Crippen LogP contribution in [0.25, 0.3) is 0 Å². The second-order valence-corrected chi connectivity index (χ2v) is 9.62. The number of hydrogen-bond donors (Lipinski definition) is 0. The van der Waals surface area contributed by atoms with E-state index in [0.29, 0.717) is 0 Å². The van der Waals surface area contributed by atoms with Crippen LogP contribution in [0.15, 0.2) is 66.7 Å². The van der Waals surface area contributed by atoms with Gasteiger partial charge >= 0.3 is 0 Å². The lowest BCUT2D eigenvalue weighted by Gasteiger charge is -2.27. The van der Waals surface area contributed by atoms with E-state index in [2.05, 4.69) is 36.4 Å². The Morgan fingerprint density at radius 3 is 1.46 bits per heavy atom. The summed E-state index contributed by atoms with van der Waals surface area (Å²) in [4.78, 5) is 0. The van der Waals surface area contributed by atoms with Crippen molar-refractivity contribution in [3.8, 4) is 0 Å². The summed E-state index contributed by atoms with van der Waals surface area (Å²) in [7, 11) is -2.80. The van der Waals surface area contributed by atoms with Crippen molar-refractivity contribution in [2.45, 2.75) is 25.7 Å². The molecule has 118 valence electrons. The average molecular weight is 330 g/mol. The van der Waals surface area contributed by atoms with Crippen LogP contribution >= 0.6 is 7.14 Å². The molecule has 2 heteroatoms. The minimum absolute atomic E-state index is 0.934. The number of hydrogen-bond acceptors (Lipinski definition) is 1. The Bertz CT molecular complexity index is 929. The summed E-state index contributed by atoms with van der Waals surface area (Å²) in [6.45, 7) is 0. The average Bonchev–Trinajstić information content (AvgIpc) is 2.57. The van der Waals surface area contributed by atoms with E-state index < -0.39 is 7.14 Å². The molecule has 0 fully saturated rings. The van der Waals surface area contributed by atoms with Crippen LogP contribution < -0.4 is 15.9 Å². The van der Waals surface area contributed by atoms with Gasteiger partial charge in [-0.05, 0) is 60.1 Å². The molecule has 24 heavy (non-hydrogen) atoms. The largest absolute Gasteiger partial charge is 0.309 e. The van der Waals surface area contributed by atoms with E-state index in [1.165, 1.54) is 22.3 Å². The number of fused-ring (bicyclic) bond motifs is 2. The van der Waals surface area contributed by atoms with Gasteiger partial charge in [0.05, 0.1) is 0 Å². The van der Waals surface area contributed by atoms with Crippen LogP contribution in [0.2, 0.25) is 0 Å². The van der Waals surface area contributed by atoms with Gasteiger partial charge < -0.3 is 4.57 Å². The van der Waals surface area contributed by atoms with Gasteiger partial charge in [0.25, 0.3) is 0 Å². The lowest BCUT2D eigenvalue weighted by Crippen LogP contribution is -2.28. The van der Waals surface area contributed by atoms with Gasteiger partial charge in [-0.1, -0.05) is 54.6 Å². The van der Waals surface area contributed by atoms with Gasteiger partial charge in [-0.3, -0.25) is 0 Å². The van der Waals surface area contributed by atoms with E-state index in [0.717, 1.165) is 41.6 Å². The van der Waals surface area contributed by atoms with Gasteiger partial charge in [0.15, 0.2) is 7.14 Å². The van der Waals surface area contributed by atoms with Crippen LogP contribution in [-0.4, -0.2) is 0 Å². The first-order chi connectivity index (χ1) is 11.7. The Morgan fingerprint density at radius 2 is 1.04 bits per heavy atom. The molecule has 0 N–H and O–H groups in total. The van der Waals surface area contributed by atoms with E-state index in [9.17, 15) is 4.57 Å². The normalized spacial score (nSPS) is 15.0. The Balaban J connectivity index is 1.75. The van der Waals surface area contributed by atoms with E-state index >= 15 is 0 Å². The molecule has 0 aliphatic heterocycles. The van der Waals surface area contributed by atoms with Gasteiger partial charge in [-0.15, -0.1) is 0 Å². The summed E-state index contributed by atoms with van der Waals surface area (Å²) in [5.74, 6) is 0. The molecule has 0 spiro atoms. The van der Waals surface area contributed by atoms with Crippen molar-refractivity contribution in [3.05, 3.63) is 89.0 Å². The zero-order chi connectivity index (χ0) is 16.1. The molecule has 0 unspecified atom stereocenters. The first-order valence-electron chi connectivity index (χ1n) is 8.65. The smallest absolute Gasteiger partial charge is 0.171 e. The van der Waals surface area contributed by atoms with Crippen molar-refractivity contribution in [2.24, 2.45) is 0 Å². The molecule has 2 aliphatic carbocycles. The third kappa shape index (κ3) is 1.98. The summed E-state index contributed by atoms with van der Waals surface area (Å²) < 4.78 is 14.4. The minimum Gasteiger partial charge on any atom is -0.309 e. The molecule has 0 amide bonds. The van der Waals surface area contributed by atoms with Crippen molar-refractivity contribution in [2.75, 3.05) is 0 Å². The van der Waals surface area contributed by atoms with Gasteiger partial charge in [-0.2, -0.15) is 0 Å². The molecule has 3 aromatic carbocycles. The van der Waals surface area contributed by atoms with Crippen molar-refractivity contribution in [1.29, 1.82) is 0 Å². The third-order valence-corrected chi connectivity index (χ3v) is 8.59. The summed E-state index contributed by atoms with van der Waals surface area (Å²) in [6, 6.07) is 22.9. The molecule has 0 saturated carbocycles. The molecule has 1 nitrogen and oxygen atoms in total. The second kappa shape index (κ2) is 5.19. The van der Waals surface area contributed by atoms with Crippen molar-refractivity contribution < 1.29 is 4.57 Å². The standard InChI is InChI=1S/C22H19OP/c23-24(20-4-2-1-3-5-20,21-12-10-16-6-8-18(16)14-21)22-13-11-17-7-9-19(17)15-22/h1-5,10-15H,6-9H2. The highest BCUT2D eigenvalue weighted by molar-refractivity contribution is 7.85. The Labute approximate surface area is 142 Å². The number of rotatable bonds is 3. The maximum Gasteiger partial charge on any atom is 0.171 e. The Kier molecular flexibility index (Phi) is 3.08. The fourth-order valence-electron chi connectivity index (χ4n) is 3.84. The molecule has 3 aromatic rings. The Hall–Kier alpha value is -2.11. The summed E-state index contributed by atoms with van der Waals surface area (Å²) in [5, 5.41) is 2.89. The second-order valence-electron chi connectivity index (χ2n) is 6.85. The molecule has 0 radical (unpaired) electrons. The molecule has 0 saturated heterocycles. The SMILES string of the molecule is O=P(c1ccccc1)(c1ccc2c(c1)CC2)c1ccc2c(c1)CC2.